The highest BCUT2D eigenvalue weighted by molar-refractivity contribution is 7.89. The SMILES string of the molecule is CN(C)S(=O)(=O)c1ccc(N2CCCC2)c(C(=O)OCC(=O)c2ccc(Cl)s2)c1. The molecule has 2 heterocycles. The molecule has 0 bridgehead atoms. The summed E-state index contributed by atoms with van der Waals surface area (Å²) in [7, 11) is -0.871. The first-order valence-corrected chi connectivity index (χ1v) is 11.6. The van der Waals surface area contributed by atoms with E-state index in [1.54, 1.807) is 18.2 Å². The predicted molar refractivity (Wildman–Crippen MR) is 113 cm³/mol. The number of esters is 1. The number of Topliss-reactive ketones (excluding diaryl/α,β-unsaturated/α-hetero) is 1. The number of halogens is 1. The molecule has 0 amide bonds. The molecule has 1 aromatic carbocycles. The summed E-state index contributed by atoms with van der Waals surface area (Å²) in [5, 5.41) is 0. The molecule has 0 N–H and O–H groups in total. The lowest BCUT2D eigenvalue weighted by atomic mass is 10.1. The molecule has 156 valence electrons. The predicted octanol–water partition coefficient (Wildman–Crippen LogP) is 3.29. The second kappa shape index (κ2) is 8.83. The van der Waals surface area contributed by atoms with Gasteiger partial charge in [0.15, 0.2) is 6.61 Å². The number of thiophene rings is 1. The zero-order chi connectivity index (χ0) is 21.2. The molecule has 10 heteroatoms. The van der Waals surface area contributed by atoms with Gasteiger partial charge in [-0.1, -0.05) is 11.6 Å². The van der Waals surface area contributed by atoms with E-state index in [0.717, 1.165) is 41.6 Å². The van der Waals surface area contributed by atoms with Crippen molar-refractivity contribution in [3.05, 3.63) is 45.1 Å². The van der Waals surface area contributed by atoms with Crippen LogP contribution in [0.25, 0.3) is 0 Å². The van der Waals surface area contributed by atoms with Gasteiger partial charge in [-0.2, -0.15) is 0 Å². The normalized spacial score (nSPS) is 14.4. The standard InChI is InChI=1S/C19H21ClN2O5S2/c1-21(2)29(25,26)13-5-6-15(22-9-3-4-10-22)14(11-13)19(24)27-12-16(23)17-7-8-18(20)28-17/h5-8,11H,3-4,9-10,12H2,1-2H3. The summed E-state index contributed by atoms with van der Waals surface area (Å²) in [5.41, 5.74) is 0.740. The van der Waals surface area contributed by atoms with Gasteiger partial charge in [-0.25, -0.2) is 17.5 Å². The van der Waals surface area contributed by atoms with Crippen molar-refractivity contribution in [2.24, 2.45) is 0 Å². The first-order chi connectivity index (χ1) is 13.7. The van der Waals surface area contributed by atoms with Gasteiger partial charge >= 0.3 is 5.97 Å². The Balaban J connectivity index is 1.87. The Labute approximate surface area is 178 Å². The van der Waals surface area contributed by atoms with Crippen molar-refractivity contribution >= 4 is 50.4 Å². The summed E-state index contributed by atoms with van der Waals surface area (Å²) in [6.45, 7) is 1.10. The Bertz CT molecular complexity index is 1030. The molecule has 3 rings (SSSR count). The number of hydrogen-bond acceptors (Lipinski definition) is 7. The van der Waals surface area contributed by atoms with Gasteiger partial charge in [-0.3, -0.25) is 4.79 Å². The van der Waals surface area contributed by atoms with E-state index in [1.807, 2.05) is 4.90 Å². The Morgan fingerprint density at radius 2 is 1.86 bits per heavy atom. The first kappa shape index (κ1) is 21.8. The Kier molecular flexibility index (Phi) is 6.62. The minimum absolute atomic E-state index is 0.00578. The third-order valence-corrected chi connectivity index (χ3v) is 7.68. The zero-order valence-electron chi connectivity index (χ0n) is 16.1. The fraction of sp³-hybridized carbons (Fsp3) is 0.368. The summed E-state index contributed by atoms with van der Waals surface area (Å²) < 4.78 is 31.7. The van der Waals surface area contributed by atoms with E-state index in [4.69, 9.17) is 16.3 Å². The van der Waals surface area contributed by atoms with Gasteiger partial charge < -0.3 is 9.64 Å². The number of ether oxygens (including phenoxy) is 1. The van der Waals surface area contributed by atoms with Crippen LogP contribution in [0.1, 0.15) is 32.9 Å². The second-order valence-electron chi connectivity index (χ2n) is 6.76. The van der Waals surface area contributed by atoms with Gasteiger partial charge in [0.2, 0.25) is 15.8 Å². The molecule has 0 saturated carbocycles. The molecular formula is C19H21ClN2O5S2. The maximum absolute atomic E-state index is 12.8. The van der Waals surface area contributed by atoms with Gasteiger partial charge in [-0.05, 0) is 43.2 Å². The van der Waals surface area contributed by atoms with E-state index < -0.39 is 22.6 Å². The third kappa shape index (κ3) is 4.80. The highest BCUT2D eigenvalue weighted by Crippen LogP contribution is 2.29. The lowest BCUT2D eigenvalue weighted by molar-refractivity contribution is 0.0476. The highest BCUT2D eigenvalue weighted by Gasteiger charge is 2.26. The number of rotatable bonds is 7. The van der Waals surface area contributed by atoms with Crippen molar-refractivity contribution in [3.8, 4) is 0 Å². The van der Waals surface area contributed by atoms with Crippen molar-refractivity contribution in [1.82, 2.24) is 4.31 Å². The topological polar surface area (TPSA) is 84.0 Å². The molecular weight excluding hydrogens is 436 g/mol. The number of benzene rings is 1. The van der Waals surface area contributed by atoms with Crippen molar-refractivity contribution in [1.29, 1.82) is 0 Å². The van der Waals surface area contributed by atoms with Crippen molar-refractivity contribution < 1.29 is 22.7 Å². The number of ketones is 1. The van der Waals surface area contributed by atoms with Crippen molar-refractivity contribution in [2.75, 3.05) is 38.7 Å². The largest absolute Gasteiger partial charge is 0.454 e. The van der Waals surface area contributed by atoms with E-state index in [9.17, 15) is 18.0 Å². The lowest BCUT2D eigenvalue weighted by Gasteiger charge is -2.22. The van der Waals surface area contributed by atoms with E-state index in [2.05, 4.69) is 0 Å². The van der Waals surface area contributed by atoms with Crippen LogP contribution in [0.3, 0.4) is 0 Å². The molecule has 1 aliphatic rings. The summed E-state index contributed by atoms with van der Waals surface area (Å²) in [6, 6.07) is 7.60. The molecule has 2 aromatic rings. The maximum Gasteiger partial charge on any atom is 0.340 e. The molecule has 0 radical (unpaired) electrons. The van der Waals surface area contributed by atoms with E-state index in [0.29, 0.717) is 14.9 Å². The Morgan fingerprint density at radius 1 is 1.17 bits per heavy atom. The summed E-state index contributed by atoms with van der Waals surface area (Å²) in [6.07, 6.45) is 1.98. The Hall–Kier alpha value is -1.94. The lowest BCUT2D eigenvalue weighted by Crippen LogP contribution is -2.25. The molecule has 0 unspecified atom stereocenters. The fourth-order valence-electron chi connectivity index (χ4n) is 3.03. The van der Waals surface area contributed by atoms with Crippen LogP contribution >= 0.6 is 22.9 Å². The number of hydrogen-bond donors (Lipinski definition) is 0. The van der Waals surface area contributed by atoms with Crippen LogP contribution in [-0.2, 0) is 14.8 Å². The molecule has 7 nitrogen and oxygen atoms in total. The van der Waals surface area contributed by atoms with Crippen LogP contribution < -0.4 is 4.90 Å². The third-order valence-electron chi connectivity index (χ3n) is 4.60. The van der Waals surface area contributed by atoms with Gasteiger partial charge in [-0.15, -0.1) is 11.3 Å². The van der Waals surface area contributed by atoms with Crippen LogP contribution in [0.15, 0.2) is 35.2 Å². The van der Waals surface area contributed by atoms with Gasteiger partial charge in [0.25, 0.3) is 0 Å². The first-order valence-electron chi connectivity index (χ1n) is 8.97. The van der Waals surface area contributed by atoms with Crippen LogP contribution in [-0.4, -0.2) is 58.3 Å². The minimum Gasteiger partial charge on any atom is -0.454 e. The molecule has 0 spiro atoms. The molecule has 1 aromatic heterocycles. The zero-order valence-corrected chi connectivity index (χ0v) is 18.4. The highest BCUT2D eigenvalue weighted by atomic mass is 35.5. The quantitative estimate of drug-likeness (QED) is 0.469. The van der Waals surface area contributed by atoms with Crippen LogP contribution in [0.4, 0.5) is 5.69 Å². The fourth-order valence-corrected chi connectivity index (χ4v) is 4.92. The summed E-state index contributed by atoms with van der Waals surface area (Å²) >= 11 is 6.94. The molecule has 0 atom stereocenters. The molecule has 29 heavy (non-hydrogen) atoms. The number of anilines is 1. The van der Waals surface area contributed by atoms with Crippen molar-refractivity contribution in [2.45, 2.75) is 17.7 Å². The molecule has 1 fully saturated rings. The number of carbonyl (C=O) groups is 2. The molecule has 1 saturated heterocycles. The van der Waals surface area contributed by atoms with E-state index in [-0.39, 0.29) is 16.2 Å². The summed E-state index contributed by atoms with van der Waals surface area (Å²) in [5.74, 6) is -1.10. The molecule has 1 aliphatic heterocycles. The van der Waals surface area contributed by atoms with Gasteiger partial charge in [0.05, 0.1) is 25.4 Å². The smallest absolute Gasteiger partial charge is 0.340 e. The van der Waals surface area contributed by atoms with Gasteiger partial charge in [0.1, 0.15) is 0 Å². The summed E-state index contributed by atoms with van der Waals surface area (Å²) in [4.78, 5) is 27.4. The van der Waals surface area contributed by atoms with Gasteiger partial charge in [0, 0.05) is 27.2 Å². The number of nitrogens with zero attached hydrogens (tertiary/aromatic N) is 2. The van der Waals surface area contributed by atoms with E-state index in [1.165, 1.54) is 26.2 Å². The average molecular weight is 457 g/mol. The Morgan fingerprint density at radius 3 is 2.45 bits per heavy atom. The molecule has 0 aliphatic carbocycles. The minimum atomic E-state index is -3.72. The second-order valence-corrected chi connectivity index (χ2v) is 10.6. The monoisotopic (exact) mass is 456 g/mol. The number of carbonyl (C=O) groups excluding carboxylic acids is 2. The van der Waals surface area contributed by atoms with Crippen LogP contribution in [0.5, 0.6) is 0 Å². The maximum atomic E-state index is 12.8. The average Bonchev–Trinajstić information content (AvgIpc) is 3.37. The van der Waals surface area contributed by atoms with Crippen molar-refractivity contribution in [3.63, 3.8) is 0 Å². The van der Waals surface area contributed by atoms with Crippen LogP contribution in [0.2, 0.25) is 4.34 Å². The van der Waals surface area contributed by atoms with E-state index >= 15 is 0 Å². The number of sulfonamides is 1. The van der Waals surface area contributed by atoms with Crippen LogP contribution in [0, 0.1) is 0 Å².